The fourth-order valence-electron chi connectivity index (χ4n) is 3.62. The largest absolute Gasteiger partial charge is 0.453 e. The maximum Gasteiger partial charge on any atom is 0.339 e. The molecular formula is C16H18ClNO4. The van der Waals surface area contributed by atoms with Gasteiger partial charge in [0.05, 0.1) is 12.0 Å². The Balaban J connectivity index is 1.90. The first-order chi connectivity index (χ1) is 10.5. The van der Waals surface area contributed by atoms with Gasteiger partial charge in [-0.3, -0.25) is 4.79 Å². The summed E-state index contributed by atoms with van der Waals surface area (Å²) in [5.74, 6) is -1.12. The van der Waals surface area contributed by atoms with E-state index in [0.29, 0.717) is 6.42 Å². The van der Waals surface area contributed by atoms with Crippen molar-refractivity contribution >= 4 is 23.5 Å². The minimum atomic E-state index is -1.38. The summed E-state index contributed by atoms with van der Waals surface area (Å²) in [6.45, 7) is 1.69. The molecule has 0 unspecified atom stereocenters. The molecule has 0 radical (unpaired) electrons. The fourth-order valence-corrected chi connectivity index (χ4v) is 3.84. The molecule has 1 amide bonds. The number of aliphatic hydroxyl groups is 1. The predicted molar refractivity (Wildman–Crippen MR) is 80.4 cm³/mol. The van der Waals surface area contributed by atoms with Gasteiger partial charge < -0.3 is 15.2 Å². The van der Waals surface area contributed by atoms with Crippen LogP contribution in [0.2, 0.25) is 0 Å². The minimum Gasteiger partial charge on any atom is -0.453 e. The Kier molecular flexibility index (Phi) is 3.65. The molecule has 2 heterocycles. The number of carbonyl (C=O) groups excluding carboxylic acids is 2. The van der Waals surface area contributed by atoms with E-state index >= 15 is 0 Å². The number of hydrogen-bond acceptors (Lipinski definition) is 4. The minimum absolute atomic E-state index is 0.263. The van der Waals surface area contributed by atoms with Gasteiger partial charge in [0.1, 0.15) is 0 Å². The molecule has 4 atom stereocenters. The zero-order chi connectivity index (χ0) is 16.0. The number of hydrogen-bond donors (Lipinski definition) is 2. The van der Waals surface area contributed by atoms with E-state index < -0.39 is 29.1 Å². The molecule has 2 saturated heterocycles. The lowest BCUT2D eigenvalue weighted by Crippen LogP contribution is -2.79. The van der Waals surface area contributed by atoms with Crippen LogP contribution in [0.1, 0.15) is 18.9 Å². The second kappa shape index (κ2) is 5.25. The van der Waals surface area contributed by atoms with Crippen LogP contribution in [0.25, 0.3) is 0 Å². The van der Waals surface area contributed by atoms with Gasteiger partial charge in [0.25, 0.3) is 0 Å². The number of carbonyl (C=O) groups is 2. The molecule has 5 nitrogen and oxygen atoms in total. The van der Waals surface area contributed by atoms with Gasteiger partial charge in [-0.25, -0.2) is 4.79 Å². The number of rotatable bonds is 5. The first-order valence-electron chi connectivity index (χ1n) is 7.29. The summed E-state index contributed by atoms with van der Waals surface area (Å²) >= 11 is 5.75. The number of halogens is 1. The number of alkyl halides is 1. The third-order valence-electron chi connectivity index (χ3n) is 4.88. The van der Waals surface area contributed by atoms with E-state index in [-0.39, 0.29) is 18.2 Å². The molecule has 0 saturated carbocycles. The average molecular weight is 324 g/mol. The van der Waals surface area contributed by atoms with Gasteiger partial charge in [-0.2, -0.15) is 0 Å². The molecule has 2 N–H and O–H groups in total. The van der Waals surface area contributed by atoms with Crippen LogP contribution in [-0.2, 0) is 20.7 Å². The van der Waals surface area contributed by atoms with Gasteiger partial charge in [0.15, 0.2) is 5.60 Å². The van der Waals surface area contributed by atoms with Crippen molar-refractivity contribution in [3.63, 3.8) is 0 Å². The summed E-state index contributed by atoms with van der Waals surface area (Å²) in [6, 6.07) is 9.34. The van der Waals surface area contributed by atoms with Gasteiger partial charge in [0.2, 0.25) is 11.4 Å². The van der Waals surface area contributed by atoms with Crippen molar-refractivity contribution in [2.45, 2.75) is 37.0 Å². The quantitative estimate of drug-likeness (QED) is 0.626. The highest BCUT2D eigenvalue weighted by atomic mass is 35.5. The predicted octanol–water partition coefficient (Wildman–Crippen LogP) is 1.02. The Hall–Kier alpha value is -1.59. The summed E-state index contributed by atoms with van der Waals surface area (Å²) in [4.78, 5) is 24.4. The van der Waals surface area contributed by atoms with Crippen LogP contribution in [0.3, 0.4) is 0 Å². The Morgan fingerprint density at radius 1 is 1.36 bits per heavy atom. The van der Waals surface area contributed by atoms with Crippen molar-refractivity contribution in [3.05, 3.63) is 35.9 Å². The second-order valence-corrected chi connectivity index (χ2v) is 6.41. The highest BCUT2D eigenvalue weighted by Gasteiger charge is 2.78. The summed E-state index contributed by atoms with van der Waals surface area (Å²) in [5, 5.41) is 13.4. The molecule has 1 aromatic rings. The Labute approximate surface area is 133 Å². The molecule has 0 bridgehead atoms. The van der Waals surface area contributed by atoms with E-state index in [1.54, 1.807) is 6.92 Å². The average Bonchev–Trinajstić information content (AvgIpc) is 2.66. The van der Waals surface area contributed by atoms with Crippen molar-refractivity contribution in [2.24, 2.45) is 5.92 Å². The third-order valence-corrected chi connectivity index (χ3v) is 5.10. The molecule has 1 aromatic carbocycles. The lowest BCUT2D eigenvalue weighted by Gasteiger charge is -2.53. The fraction of sp³-hybridized carbons (Fsp3) is 0.500. The molecule has 2 fully saturated rings. The number of amides is 1. The molecule has 2 aliphatic rings. The van der Waals surface area contributed by atoms with E-state index in [9.17, 15) is 14.7 Å². The van der Waals surface area contributed by atoms with Crippen LogP contribution < -0.4 is 5.32 Å². The van der Waals surface area contributed by atoms with Crippen LogP contribution >= 0.6 is 11.6 Å². The number of ether oxygens (including phenoxy) is 1. The lowest BCUT2D eigenvalue weighted by atomic mass is 9.67. The van der Waals surface area contributed by atoms with E-state index in [4.69, 9.17) is 16.3 Å². The molecule has 118 valence electrons. The van der Waals surface area contributed by atoms with Crippen LogP contribution in [-0.4, -0.2) is 40.1 Å². The van der Waals surface area contributed by atoms with Crippen LogP contribution in [0.4, 0.5) is 0 Å². The van der Waals surface area contributed by atoms with Gasteiger partial charge in [0, 0.05) is 12.3 Å². The maximum absolute atomic E-state index is 12.2. The molecule has 0 aromatic heterocycles. The number of fused-ring (bicyclic) bond motifs is 1. The van der Waals surface area contributed by atoms with Crippen molar-refractivity contribution in [1.82, 2.24) is 5.32 Å². The monoisotopic (exact) mass is 323 g/mol. The highest BCUT2D eigenvalue weighted by Crippen LogP contribution is 2.52. The maximum atomic E-state index is 12.2. The molecule has 0 aliphatic carbocycles. The number of esters is 1. The normalized spacial score (nSPS) is 34.4. The number of benzene rings is 1. The van der Waals surface area contributed by atoms with Crippen molar-refractivity contribution < 1.29 is 19.4 Å². The molecule has 3 rings (SSSR count). The Morgan fingerprint density at radius 2 is 2.05 bits per heavy atom. The van der Waals surface area contributed by atoms with E-state index in [1.807, 2.05) is 30.3 Å². The molecule has 6 heteroatoms. The summed E-state index contributed by atoms with van der Waals surface area (Å²) in [7, 11) is 0. The third kappa shape index (κ3) is 1.88. The van der Waals surface area contributed by atoms with E-state index in [2.05, 4.69) is 5.32 Å². The zero-order valence-electron chi connectivity index (χ0n) is 12.2. The topological polar surface area (TPSA) is 75.6 Å². The first-order valence-corrected chi connectivity index (χ1v) is 7.82. The summed E-state index contributed by atoms with van der Waals surface area (Å²) in [6.07, 6.45) is -0.387. The first kappa shape index (κ1) is 15.3. The SMILES string of the molecule is C[C@@]12OC(=O)[C@]1([C@@H](O)Cc1ccccc1)NC(=O)[C@@H]2CCCl. The summed E-state index contributed by atoms with van der Waals surface area (Å²) in [5.41, 5.74) is -1.54. The van der Waals surface area contributed by atoms with Gasteiger partial charge in [-0.15, -0.1) is 11.6 Å². The lowest BCUT2D eigenvalue weighted by molar-refractivity contribution is -0.234. The van der Waals surface area contributed by atoms with Crippen molar-refractivity contribution in [3.8, 4) is 0 Å². The Morgan fingerprint density at radius 3 is 2.64 bits per heavy atom. The van der Waals surface area contributed by atoms with E-state index in [0.717, 1.165) is 5.56 Å². The number of nitrogens with one attached hydrogen (secondary N) is 1. The van der Waals surface area contributed by atoms with Crippen molar-refractivity contribution in [2.75, 3.05) is 5.88 Å². The highest BCUT2D eigenvalue weighted by molar-refractivity contribution is 6.18. The van der Waals surface area contributed by atoms with Crippen LogP contribution in [0, 0.1) is 5.92 Å². The Bertz CT molecular complexity index is 607. The van der Waals surface area contributed by atoms with E-state index in [1.165, 1.54) is 0 Å². The molecular weight excluding hydrogens is 306 g/mol. The zero-order valence-corrected chi connectivity index (χ0v) is 13.0. The van der Waals surface area contributed by atoms with Crippen molar-refractivity contribution in [1.29, 1.82) is 0 Å². The summed E-state index contributed by atoms with van der Waals surface area (Å²) < 4.78 is 5.31. The van der Waals surface area contributed by atoms with Gasteiger partial charge >= 0.3 is 5.97 Å². The smallest absolute Gasteiger partial charge is 0.339 e. The standard InChI is InChI=1S/C16H18ClNO4/c1-15-11(7-8-17)13(20)18-16(15,14(21)22-15)12(19)9-10-5-3-2-4-6-10/h2-6,11-12,19H,7-9H2,1H3,(H,18,20)/t11-,12-,15-,16-/m0/s1. The molecule has 22 heavy (non-hydrogen) atoms. The molecule has 0 spiro atoms. The van der Waals surface area contributed by atoms with Crippen LogP contribution in [0.5, 0.6) is 0 Å². The van der Waals surface area contributed by atoms with Gasteiger partial charge in [-0.05, 0) is 18.9 Å². The number of aliphatic hydroxyl groups excluding tert-OH is 1. The second-order valence-electron chi connectivity index (χ2n) is 6.03. The van der Waals surface area contributed by atoms with Gasteiger partial charge in [-0.1, -0.05) is 30.3 Å². The molecule has 2 aliphatic heterocycles. The van der Waals surface area contributed by atoms with Crippen LogP contribution in [0.15, 0.2) is 30.3 Å².